The lowest BCUT2D eigenvalue weighted by atomic mass is 9.97. The van der Waals surface area contributed by atoms with Crippen LogP contribution in [0, 0.1) is 6.92 Å². The van der Waals surface area contributed by atoms with Crippen molar-refractivity contribution in [1.29, 1.82) is 0 Å². The van der Waals surface area contributed by atoms with Crippen LogP contribution in [0.15, 0.2) is 221 Å². The van der Waals surface area contributed by atoms with Gasteiger partial charge in [0.2, 0.25) is 0 Å². The lowest BCUT2D eigenvalue weighted by Gasteiger charge is -2.09. The Kier molecular flexibility index (Phi) is 13.7. The maximum absolute atomic E-state index is 6.33. The number of allylic oxidation sites excluding steroid dienone is 10. The van der Waals surface area contributed by atoms with Crippen LogP contribution in [0.2, 0.25) is 0 Å². The van der Waals surface area contributed by atoms with Gasteiger partial charge in [-0.15, -0.1) is 0 Å². The molecule has 0 radical (unpaired) electrons. The second-order valence-corrected chi connectivity index (χ2v) is 14.6. The average molecular weight is 796 g/mol. The summed E-state index contributed by atoms with van der Waals surface area (Å²) in [5.74, 6) is 1.15. The number of hydrogen-bond donors (Lipinski definition) is 1. The molecule has 8 rings (SSSR count). The number of para-hydroxylation sites is 3. The number of nitrogens with one attached hydrogen (secondary N) is 1. The summed E-state index contributed by atoms with van der Waals surface area (Å²) in [6, 6.07) is 48.6. The fourth-order valence-corrected chi connectivity index (χ4v) is 7.51. The van der Waals surface area contributed by atoms with Crippen LogP contribution in [0.5, 0.6) is 0 Å². The number of aryl methyl sites for hydroxylation is 1. The summed E-state index contributed by atoms with van der Waals surface area (Å²) in [6.45, 7) is 14.4. The van der Waals surface area contributed by atoms with Crippen LogP contribution in [0.25, 0.3) is 67.3 Å². The predicted molar refractivity (Wildman–Crippen MR) is 264 cm³/mol. The molecule has 0 aliphatic heterocycles. The van der Waals surface area contributed by atoms with Crippen molar-refractivity contribution in [2.24, 2.45) is 0 Å². The van der Waals surface area contributed by atoms with Crippen molar-refractivity contribution in [3.8, 4) is 22.3 Å². The zero-order valence-corrected chi connectivity index (χ0v) is 35.7. The van der Waals surface area contributed by atoms with Crippen molar-refractivity contribution in [3.05, 3.63) is 235 Å². The highest BCUT2D eigenvalue weighted by atomic mass is 16.3. The van der Waals surface area contributed by atoms with E-state index in [0.717, 1.165) is 88.9 Å². The zero-order chi connectivity index (χ0) is 42.6. The van der Waals surface area contributed by atoms with E-state index in [1.165, 1.54) is 5.56 Å². The van der Waals surface area contributed by atoms with Gasteiger partial charge in [0.1, 0.15) is 22.5 Å². The van der Waals surface area contributed by atoms with Gasteiger partial charge in [0.05, 0.1) is 0 Å². The van der Waals surface area contributed by atoms with E-state index in [0.29, 0.717) is 0 Å². The van der Waals surface area contributed by atoms with E-state index in [9.17, 15) is 0 Å². The molecule has 2 heterocycles. The van der Waals surface area contributed by atoms with Gasteiger partial charge in [-0.05, 0) is 83.5 Å². The van der Waals surface area contributed by atoms with Gasteiger partial charge in [-0.1, -0.05) is 197 Å². The Morgan fingerprint density at radius 2 is 1.25 bits per heavy atom. The van der Waals surface area contributed by atoms with Gasteiger partial charge >= 0.3 is 0 Å². The number of hydrogen-bond acceptors (Lipinski definition) is 3. The molecule has 302 valence electrons. The molecule has 0 saturated heterocycles. The predicted octanol–water partition coefficient (Wildman–Crippen LogP) is 17.1. The van der Waals surface area contributed by atoms with Crippen LogP contribution in [-0.2, 0) is 0 Å². The van der Waals surface area contributed by atoms with Crippen LogP contribution < -0.4 is 5.32 Å². The highest BCUT2D eigenvalue weighted by Crippen LogP contribution is 2.37. The third-order valence-electron chi connectivity index (χ3n) is 10.7. The summed E-state index contributed by atoms with van der Waals surface area (Å²) < 4.78 is 12.6. The van der Waals surface area contributed by atoms with E-state index in [1.54, 1.807) is 0 Å². The first-order valence-corrected chi connectivity index (χ1v) is 21.1. The lowest BCUT2D eigenvalue weighted by Crippen LogP contribution is -1.90. The molecule has 3 nitrogen and oxygen atoms in total. The number of furan rings is 2. The number of rotatable bonds is 13. The molecule has 0 aliphatic carbocycles. The van der Waals surface area contributed by atoms with E-state index in [4.69, 9.17) is 8.83 Å². The zero-order valence-electron chi connectivity index (χ0n) is 35.7. The van der Waals surface area contributed by atoms with Gasteiger partial charge in [0.25, 0.3) is 0 Å². The number of fused-ring (bicyclic) bond motifs is 4. The Hall–Kier alpha value is -7.36. The minimum Gasteiger partial charge on any atom is -0.456 e. The molecule has 1 atom stereocenters. The molecule has 2 aromatic heterocycles. The molecule has 0 spiro atoms. The summed E-state index contributed by atoms with van der Waals surface area (Å²) in [7, 11) is 0. The van der Waals surface area contributed by atoms with Gasteiger partial charge in [-0.25, -0.2) is 0 Å². The Balaban J connectivity index is 0.00000277. The molecule has 0 bridgehead atoms. The minimum absolute atomic E-state index is 0.248. The van der Waals surface area contributed by atoms with Crippen LogP contribution in [0.4, 0.5) is 5.69 Å². The Bertz CT molecular complexity index is 2930. The van der Waals surface area contributed by atoms with Gasteiger partial charge in [-0.3, -0.25) is 0 Å². The third-order valence-corrected chi connectivity index (χ3v) is 10.7. The Morgan fingerprint density at radius 3 is 1.95 bits per heavy atom. The smallest absolute Gasteiger partial charge is 0.143 e. The Morgan fingerprint density at radius 1 is 0.623 bits per heavy atom. The van der Waals surface area contributed by atoms with Crippen molar-refractivity contribution in [2.75, 3.05) is 5.32 Å². The molecule has 3 heteroatoms. The van der Waals surface area contributed by atoms with Crippen molar-refractivity contribution >= 4 is 50.7 Å². The third kappa shape index (κ3) is 9.59. The largest absolute Gasteiger partial charge is 0.456 e. The van der Waals surface area contributed by atoms with Gasteiger partial charge < -0.3 is 14.2 Å². The quantitative estimate of drug-likeness (QED) is 0.118. The molecule has 1 unspecified atom stereocenters. The summed E-state index contributed by atoms with van der Waals surface area (Å²) in [4.78, 5) is 0. The van der Waals surface area contributed by atoms with E-state index < -0.39 is 0 Å². The maximum Gasteiger partial charge on any atom is 0.143 e. The minimum atomic E-state index is 0.248. The molecule has 61 heavy (non-hydrogen) atoms. The van der Waals surface area contributed by atoms with Crippen LogP contribution in [-0.4, -0.2) is 0 Å². The second kappa shape index (κ2) is 20.1. The monoisotopic (exact) mass is 795 g/mol. The van der Waals surface area contributed by atoms with Crippen molar-refractivity contribution in [2.45, 2.75) is 40.5 Å². The molecule has 0 aliphatic rings. The first-order chi connectivity index (χ1) is 30.0. The fraction of sp³-hybridized carbons (Fsp3) is 0.103. The maximum atomic E-state index is 6.33. The van der Waals surface area contributed by atoms with Gasteiger partial charge in [0.15, 0.2) is 0 Å². The highest BCUT2D eigenvalue weighted by Gasteiger charge is 2.14. The second-order valence-electron chi connectivity index (χ2n) is 14.6. The summed E-state index contributed by atoms with van der Waals surface area (Å²) in [5.41, 5.74) is 13.7. The fourth-order valence-electron chi connectivity index (χ4n) is 7.51. The van der Waals surface area contributed by atoms with Crippen LogP contribution >= 0.6 is 0 Å². The molecular weight excluding hydrogens is 743 g/mol. The Labute approximate surface area is 360 Å². The first kappa shape index (κ1) is 41.8. The summed E-state index contributed by atoms with van der Waals surface area (Å²) >= 11 is 0. The molecule has 0 fully saturated rings. The molecule has 1 N–H and O–H groups in total. The van der Waals surface area contributed by atoms with Gasteiger partial charge in [0, 0.05) is 44.7 Å². The van der Waals surface area contributed by atoms with E-state index >= 15 is 0 Å². The normalized spacial score (nSPS) is 12.9. The number of anilines is 1. The molecule has 0 saturated carbocycles. The topological polar surface area (TPSA) is 38.3 Å². The van der Waals surface area contributed by atoms with Crippen molar-refractivity contribution in [3.63, 3.8) is 0 Å². The van der Waals surface area contributed by atoms with E-state index in [2.05, 4.69) is 190 Å². The molecule has 8 aromatic rings. The lowest BCUT2D eigenvalue weighted by molar-refractivity contribution is 0.602. The molecule has 6 aromatic carbocycles. The van der Waals surface area contributed by atoms with Crippen molar-refractivity contribution in [1.82, 2.24) is 0 Å². The summed E-state index contributed by atoms with van der Waals surface area (Å²) in [5, 5.41) is 6.86. The first-order valence-electron chi connectivity index (χ1n) is 21.1. The average Bonchev–Trinajstić information content (AvgIpc) is 3.86. The standard InChI is InChI=1S/C56H47NO2.C2H6/c1-5-15-43(30-26-39(3)42-17-8-7-9-18-42)44(31-27-41-28-32-45(33-29-41)50-23-13-24-52-51-20-10-11-25-54(51)59-56(50)52)19-14-38-57-47-36-34-46(35-37-47)49-22-12-21-48-40(4)53(16-6-2)58-55(48)49;1-2/h5-39,57H,1H2,2-4H3;1-2H3/b16-6-,30-26-,31-27-,38-14+,43-15+,44-19+;. The molecule has 0 amide bonds. The summed E-state index contributed by atoms with van der Waals surface area (Å²) in [6.07, 6.45) is 22.8. The van der Waals surface area contributed by atoms with E-state index in [1.807, 2.05) is 63.4 Å². The highest BCUT2D eigenvalue weighted by molar-refractivity contribution is 6.09. The van der Waals surface area contributed by atoms with Crippen LogP contribution in [0.3, 0.4) is 0 Å². The molecular formula is C58H53NO2. The van der Waals surface area contributed by atoms with E-state index in [-0.39, 0.29) is 5.92 Å². The van der Waals surface area contributed by atoms with Crippen molar-refractivity contribution < 1.29 is 8.83 Å². The SMILES string of the molecule is C=C/C=C(\C=C/C(C)c1ccccc1)C(/C=C\c1ccc(-c2cccc3c2oc2ccccc23)cc1)=C/C=C/Nc1ccc(-c2cccc3c(C)c(/C=C\C)oc23)cc1.CC. The van der Waals surface area contributed by atoms with Crippen LogP contribution in [0.1, 0.15) is 56.1 Å². The van der Waals surface area contributed by atoms with Gasteiger partial charge in [-0.2, -0.15) is 0 Å². The number of benzene rings is 6.